The molecule has 0 N–H and O–H groups in total. The lowest BCUT2D eigenvalue weighted by Gasteiger charge is -2.08. The van der Waals surface area contributed by atoms with Gasteiger partial charge in [0.15, 0.2) is 0 Å². The third-order valence-corrected chi connectivity index (χ3v) is 2.88. The first-order chi connectivity index (χ1) is 10.3. The van der Waals surface area contributed by atoms with Crippen LogP contribution in [-0.2, 0) is 4.74 Å². The minimum atomic E-state index is 0.500. The highest BCUT2D eigenvalue weighted by Gasteiger charge is 2.04. The maximum Gasteiger partial charge on any atom is 0.221 e. The first kappa shape index (κ1) is 14.9. The maximum absolute atomic E-state index is 5.76. The molecule has 0 heterocycles. The zero-order valence-electron chi connectivity index (χ0n) is 12.3. The van der Waals surface area contributed by atoms with Gasteiger partial charge in [-0.05, 0) is 43.3 Å². The summed E-state index contributed by atoms with van der Waals surface area (Å²) < 4.78 is 10.9. The van der Waals surface area contributed by atoms with Gasteiger partial charge in [-0.25, -0.2) is 4.99 Å². The van der Waals surface area contributed by atoms with E-state index < -0.39 is 0 Å². The minimum absolute atomic E-state index is 0.500. The van der Waals surface area contributed by atoms with E-state index in [1.807, 2.05) is 73.7 Å². The first-order valence-electron chi connectivity index (χ1n) is 6.85. The van der Waals surface area contributed by atoms with E-state index in [0.29, 0.717) is 12.5 Å². The summed E-state index contributed by atoms with van der Waals surface area (Å²) >= 11 is 0. The van der Waals surface area contributed by atoms with Crippen LogP contribution >= 0.6 is 0 Å². The molecule has 108 valence electrons. The van der Waals surface area contributed by atoms with Crippen molar-refractivity contribution in [1.29, 1.82) is 0 Å². The Hall–Kier alpha value is -2.55. The number of methoxy groups -OCH3 is 1. The van der Waals surface area contributed by atoms with Crippen LogP contribution in [0.1, 0.15) is 12.5 Å². The third kappa shape index (κ3) is 4.49. The van der Waals surface area contributed by atoms with E-state index in [2.05, 4.69) is 4.99 Å². The van der Waals surface area contributed by atoms with Crippen LogP contribution in [0, 0.1) is 0 Å². The standard InChI is InChI=1S/C18H19NO2/c1-3-4-14-21-18(15-8-6-5-7-9-15)19-16-10-12-17(20-2)13-11-16/h3-13H,14H2,1-2H3/b4-3-,19-18?. The van der Waals surface area contributed by atoms with Crippen molar-refractivity contribution in [2.75, 3.05) is 13.7 Å². The Labute approximate surface area is 125 Å². The van der Waals surface area contributed by atoms with E-state index >= 15 is 0 Å². The van der Waals surface area contributed by atoms with Crippen molar-refractivity contribution in [3.05, 3.63) is 72.3 Å². The molecule has 0 fully saturated rings. The molecule has 2 aromatic rings. The van der Waals surface area contributed by atoms with Gasteiger partial charge in [-0.2, -0.15) is 0 Å². The van der Waals surface area contributed by atoms with Gasteiger partial charge in [-0.3, -0.25) is 0 Å². The predicted octanol–water partition coefficient (Wildman–Crippen LogP) is 4.37. The van der Waals surface area contributed by atoms with Crippen LogP contribution in [0.4, 0.5) is 5.69 Å². The van der Waals surface area contributed by atoms with Gasteiger partial charge >= 0.3 is 0 Å². The number of hydrogen-bond donors (Lipinski definition) is 0. The van der Waals surface area contributed by atoms with Crippen molar-refractivity contribution >= 4 is 11.6 Å². The second-order valence-corrected chi connectivity index (χ2v) is 4.36. The van der Waals surface area contributed by atoms with Crippen LogP contribution in [0.15, 0.2) is 71.7 Å². The molecular formula is C18H19NO2. The Bertz CT molecular complexity index is 601. The van der Waals surface area contributed by atoms with Gasteiger partial charge in [0, 0.05) is 5.56 Å². The summed E-state index contributed by atoms with van der Waals surface area (Å²) in [5.74, 6) is 1.42. The molecule has 2 aromatic carbocycles. The van der Waals surface area contributed by atoms with Gasteiger partial charge in [0.25, 0.3) is 0 Å². The molecule has 3 nitrogen and oxygen atoms in total. The van der Waals surface area contributed by atoms with E-state index in [9.17, 15) is 0 Å². The Morgan fingerprint density at radius 2 is 1.76 bits per heavy atom. The van der Waals surface area contributed by atoms with Crippen LogP contribution in [0.25, 0.3) is 0 Å². The summed E-state index contributed by atoms with van der Waals surface area (Å²) in [6.07, 6.45) is 3.91. The van der Waals surface area contributed by atoms with Crippen molar-refractivity contribution in [3.63, 3.8) is 0 Å². The molecule has 0 amide bonds. The maximum atomic E-state index is 5.76. The Kier molecular flexibility index (Phi) is 5.59. The van der Waals surface area contributed by atoms with E-state index in [-0.39, 0.29) is 0 Å². The Balaban J connectivity index is 2.26. The van der Waals surface area contributed by atoms with Crippen molar-refractivity contribution in [2.24, 2.45) is 4.99 Å². The highest BCUT2D eigenvalue weighted by molar-refractivity contribution is 5.95. The molecule has 0 saturated heterocycles. The predicted molar refractivity (Wildman–Crippen MR) is 86.4 cm³/mol. The fourth-order valence-corrected chi connectivity index (χ4v) is 1.76. The summed E-state index contributed by atoms with van der Waals surface area (Å²) in [5.41, 5.74) is 1.79. The molecule has 0 aliphatic carbocycles. The third-order valence-electron chi connectivity index (χ3n) is 2.88. The zero-order chi connectivity index (χ0) is 14.9. The summed E-state index contributed by atoms with van der Waals surface area (Å²) in [5, 5.41) is 0. The second kappa shape index (κ2) is 7.90. The van der Waals surface area contributed by atoms with Gasteiger partial charge in [0.1, 0.15) is 12.4 Å². The van der Waals surface area contributed by atoms with Gasteiger partial charge in [0.2, 0.25) is 5.90 Å². The molecule has 0 aliphatic heterocycles. The van der Waals surface area contributed by atoms with Crippen LogP contribution in [0.2, 0.25) is 0 Å². The molecule has 0 bridgehead atoms. The number of aliphatic imine (C=N–C) groups is 1. The largest absolute Gasteiger partial charge is 0.497 e. The van der Waals surface area contributed by atoms with E-state index in [1.165, 1.54) is 0 Å². The second-order valence-electron chi connectivity index (χ2n) is 4.36. The van der Waals surface area contributed by atoms with E-state index in [4.69, 9.17) is 9.47 Å². The molecule has 3 heteroatoms. The number of nitrogens with zero attached hydrogens (tertiary/aromatic N) is 1. The molecular weight excluding hydrogens is 262 g/mol. The number of benzene rings is 2. The van der Waals surface area contributed by atoms with Gasteiger partial charge in [-0.1, -0.05) is 30.4 Å². The van der Waals surface area contributed by atoms with E-state index in [1.54, 1.807) is 7.11 Å². The molecule has 0 aromatic heterocycles. The van der Waals surface area contributed by atoms with Crippen LogP contribution in [0.3, 0.4) is 0 Å². The summed E-state index contributed by atoms with van der Waals surface area (Å²) in [6.45, 7) is 2.46. The molecule has 0 unspecified atom stereocenters. The fraction of sp³-hybridized carbons (Fsp3) is 0.167. The number of allylic oxidation sites excluding steroid dienone is 1. The van der Waals surface area contributed by atoms with Gasteiger partial charge in [0.05, 0.1) is 12.8 Å². The summed E-state index contributed by atoms with van der Waals surface area (Å²) in [7, 11) is 1.65. The van der Waals surface area contributed by atoms with Crippen molar-refractivity contribution in [1.82, 2.24) is 0 Å². The number of ether oxygens (including phenoxy) is 2. The zero-order valence-corrected chi connectivity index (χ0v) is 12.3. The molecule has 21 heavy (non-hydrogen) atoms. The lowest BCUT2D eigenvalue weighted by molar-refractivity contribution is 0.351. The Morgan fingerprint density at radius 3 is 2.38 bits per heavy atom. The highest BCUT2D eigenvalue weighted by Crippen LogP contribution is 2.19. The molecule has 0 aliphatic rings. The minimum Gasteiger partial charge on any atom is -0.497 e. The van der Waals surface area contributed by atoms with Crippen molar-refractivity contribution < 1.29 is 9.47 Å². The average molecular weight is 281 g/mol. The van der Waals surface area contributed by atoms with Crippen LogP contribution in [0.5, 0.6) is 5.75 Å². The molecule has 0 saturated carbocycles. The first-order valence-corrected chi connectivity index (χ1v) is 6.85. The van der Waals surface area contributed by atoms with Crippen molar-refractivity contribution in [3.8, 4) is 5.75 Å². The average Bonchev–Trinajstić information content (AvgIpc) is 2.55. The lowest BCUT2D eigenvalue weighted by Crippen LogP contribution is -2.06. The fourth-order valence-electron chi connectivity index (χ4n) is 1.76. The Morgan fingerprint density at radius 1 is 1.05 bits per heavy atom. The highest BCUT2D eigenvalue weighted by atomic mass is 16.5. The SMILES string of the molecule is C/C=C\COC(=Nc1ccc(OC)cc1)c1ccccc1. The van der Waals surface area contributed by atoms with E-state index in [0.717, 1.165) is 17.0 Å². The molecule has 0 radical (unpaired) electrons. The van der Waals surface area contributed by atoms with Gasteiger partial charge < -0.3 is 9.47 Å². The number of rotatable bonds is 5. The molecule has 0 spiro atoms. The lowest BCUT2D eigenvalue weighted by atomic mass is 10.2. The summed E-state index contributed by atoms with van der Waals surface area (Å²) in [4.78, 5) is 4.58. The summed E-state index contributed by atoms with van der Waals surface area (Å²) in [6, 6.07) is 17.5. The monoisotopic (exact) mass is 281 g/mol. The quantitative estimate of drug-likeness (QED) is 0.463. The molecule has 2 rings (SSSR count). The van der Waals surface area contributed by atoms with Gasteiger partial charge in [-0.15, -0.1) is 0 Å². The van der Waals surface area contributed by atoms with Crippen LogP contribution in [-0.4, -0.2) is 19.6 Å². The smallest absolute Gasteiger partial charge is 0.221 e. The van der Waals surface area contributed by atoms with Crippen molar-refractivity contribution in [2.45, 2.75) is 6.92 Å². The van der Waals surface area contributed by atoms with Crippen LogP contribution < -0.4 is 4.74 Å². The number of hydrogen-bond acceptors (Lipinski definition) is 3. The normalized spacial score (nSPS) is 11.6. The topological polar surface area (TPSA) is 30.8 Å². The molecule has 0 atom stereocenters.